The van der Waals surface area contributed by atoms with Gasteiger partial charge in [-0.1, -0.05) is 23.7 Å². The lowest BCUT2D eigenvalue weighted by atomic mass is 10.1. The van der Waals surface area contributed by atoms with E-state index in [-0.39, 0.29) is 6.04 Å². The van der Waals surface area contributed by atoms with Crippen molar-refractivity contribution in [2.75, 3.05) is 0 Å². The summed E-state index contributed by atoms with van der Waals surface area (Å²) in [5, 5.41) is 8.38. The Morgan fingerprint density at radius 3 is 2.94 bits per heavy atom. The van der Waals surface area contributed by atoms with Crippen molar-refractivity contribution in [2.24, 2.45) is 7.05 Å². The minimum Gasteiger partial charge on any atom is -0.306 e. The van der Waals surface area contributed by atoms with Crippen LogP contribution in [-0.2, 0) is 13.6 Å². The van der Waals surface area contributed by atoms with Gasteiger partial charge in [0.15, 0.2) is 0 Å². The number of halogens is 1. The van der Waals surface area contributed by atoms with E-state index in [1.54, 1.807) is 0 Å². The molecule has 0 amide bonds. The van der Waals surface area contributed by atoms with Crippen molar-refractivity contribution in [3.63, 3.8) is 0 Å². The molecule has 0 bridgehead atoms. The first kappa shape index (κ1) is 12.1. The standard InChI is InChI=1S/C13H16ClN3/c1-10(12-8-16-17(2)9-12)15-7-11-4-3-5-13(14)6-11/h3-6,8-10,15H,7H2,1-2H3. The molecule has 4 heteroatoms. The predicted molar refractivity (Wildman–Crippen MR) is 69.9 cm³/mol. The summed E-state index contributed by atoms with van der Waals surface area (Å²) in [5.41, 5.74) is 2.38. The summed E-state index contributed by atoms with van der Waals surface area (Å²) in [4.78, 5) is 0. The zero-order valence-corrected chi connectivity index (χ0v) is 10.8. The fourth-order valence-electron chi connectivity index (χ4n) is 1.70. The van der Waals surface area contributed by atoms with E-state index in [9.17, 15) is 0 Å². The van der Waals surface area contributed by atoms with Gasteiger partial charge in [-0.05, 0) is 24.6 Å². The summed E-state index contributed by atoms with van der Waals surface area (Å²) in [6.07, 6.45) is 3.91. The largest absolute Gasteiger partial charge is 0.306 e. The first-order valence-corrected chi connectivity index (χ1v) is 5.99. The molecule has 90 valence electrons. The molecule has 17 heavy (non-hydrogen) atoms. The Balaban J connectivity index is 1.94. The maximum atomic E-state index is 5.94. The average molecular weight is 250 g/mol. The van der Waals surface area contributed by atoms with Crippen molar-refractivity contribution < 1.29 is 0 Å². The molecule has 0 spiro atoms. The second-order valence-electron chi connectivity index (χ2n) is 4.18. The molecule has 0 radical (unpaired) electrons. The molecule has 1 unspecified atom stereocenters. The van der Waals surface area contributed by atoms with E-state index in [2.05, 4.69) is 23.4 Å². The van der Waals surface area contributed by atoms with Gasteiger partial charge in [0.1, 0.15) is 0 Å². The zero-order valence-electron chi connectivity index (χ0n) is 10.0. The van der Waals surface area contributed by atoms with Crippen LogP contribution in [-0.4, -0.2) is 9.78 Å². The number of nitrogens with one attached hydrogen (secondary N) is 1. The molecule has 0 fully saturated rings. The maximum Gasteiger partial charge on any atom is 0.0537 e. The second-order valence-corrected chi connectivity index (χ2v) is 4.62. The van der Waals surface area contributed by atoms with Crippen LogP contribution in [0.2, 0.25) is 5.02 Å². The number of hydrogen-bond donors (Lipinski definition) is 1. The van der Waals surface area contributed by atoms with E-state index < -0.39 is 0 Å². The molecule has 0 aliphatic carbocycles. The van der Waals surface area contributed by atoms with Crippen LogP contribution < -0.4 is 5.32 Å². The van der Waals surface area contributed by atoms with E-state index in [0.29, 0.717) is 0 Å². The first-order chi connectivity index (χ1) is 8.15. The third-order valence-corrected chi connectivity index (χ3v) is 2.96. The highest BCUT2D eigenvalue weighted by atomic mass is 35.5. The maximum absolute atomic E-state index is 5.94. The number of benzene rings is 1. The molecule has 1 aromatic heterocycles. The minimum absolute atomic E-state index is 0.280. The smallest absolute Gasteiger partial charge is 0.0537 e. The number of aromatic nitrogens is 2. The summed E-state index contributed by atoms with van der Waals surface area (Å²) in [6, 6.07) is 8.17. The minimum atomic E-state index is 0.280. The van der Waals surface area contributed by atoms with Crippen LogP contribution in [0.15, 0.2) is 36.7 Å². The quantitative estimate of drug-likeness (QED) is 0.903. The van der Waals surface area contributed by atoms with Gasteiger partial charge in [-0.25, -0.2) is 0 Å². The van der Waals surface area contributed by atoms with E-state index >= 15 is 0 Å². The van der Waals surface area contributed by atoms with Crippen LogP contribution in [0.1, 0.15) is 24.1 Å². The Bertz CT molecular complexity index is 493. The lowest BCUT2D eigenvalue weighted by molar-refractivity contribution is 0.574. The molecule has 0 saturated carbocycles. The highest BCUT2D eigenvalue weighted by Crippen LogP contribution is 2.14. The van der Waals surface area contributed by atoms with Crippen molar-refractivity contribution >= 4 is 11.6 Å². The predicted octanol–water partition coefficient (Wildman–Crippen LogP) is 2.92. The summed E-state index contributed by atoms with van der Waals surface area (Å²) >= 11 is 5.94. The molecule has 0 aliphatic rings. The third-order valence-electron chi connectivity index (χ3n) is 2.73. The van der Waals surface area contributed by atoms with E-state index in [0.717, 1.165) is 11.6 Å². The molecular formula is C13H16ClN3. The number of rotatable bonds is 4. The highest BCUT2D eigenvalue weighted by molar-refractivity contribution is 6.30. The normalized spacial score (nSPS) is 12.6. The fourth-order valence-corrected chi connectivity index (χ4v) is 1.91. The van der Waals surface area contributed by atoms with Gasteiger partial charge in [0.05, 0.1) is 6.20 Å². The van der Waals surface area contributed by atoms with Gasteiger partial charge in [-0.2, -0.15) is 5.10 Å². The first-order valence-electron chi connectivity index (χ1n) is 5.61. The molecule has 3 nitrogen and oxygen atoms in total. The summed E-state index contributed by atoms with van der Waals surface area (Å²) < 4.78 is 1.81. The Morgan fingerprint density at radius 1 is 1.47 bits per heavy atom. The zero-order chi connectivity index (χ0) is 12.3. The van der Waals surface area contributed by atoms with Crippen LogP contribution in [0.4, 0.5) is 0 Å². The van der Waals surface area contributed by atoms with Gasteiger partial charge in [0.25, 0.3) is 0 Å². The summed E-state index contributed by atoms with van der Waals surface area (Å²) in [6.45, 7) is 2.93. The van der Waals surface area contributed by atoms with Crippen LogP contribution in [0, 0.1) is 0 Å². The molecule has 0 saturated heterocycles. The van der Waals surface area contributed by atoms with Gasteiger partial charge in [0.2, 0.25) is 0 Å². The van der Waals surface area contributed by atoms with Gasteiger partial charge in [-0.3, -0.25) is 4.68 Å². The van der Waals surface area contributed by atoms with Crippen molar-refractivity contribution in [1.29, 1.82) is 0 Å². The molecule has 2 rings (SSSR count). The van der Waals surface area contributed by atoms with Crippen LogP contribution >= 0.6 is 11.6 Å². The molecule has 1 N–H and O–H groups in total. The van der Waals surface area contributed by atoms with E-state index in [1.807, 2.05) is 42.3 Å². The van der Waals surface area contributed by atoms with E-state index in [1.165, 1.54) is 11.1 Å². The van der Waals surface area contributed by atoms with Gasteiger partial charge >= 0.3 is 0 Å². The summed E-state index contributed by atoms with van der Waals surface area (Å²) in [5.74, 6) is 0. The van der Waals surface area contributed by atoms with Crippen molar-refractivity contribution in [3.8, 4) is 0 Å². The SMILES string of the molecule is CC(NCc1cccc(Cl)c1)c1cnn(C)c1. The van der Waals surface area contributed by atoms with E-state index in [4.69, 9.17) is 11.6 Å². The average Bonchev–Trinajstić information content (AvgIpc) is 2.73. The molecule has 1 aromatic carbocycles. The topological polar surface area (TPSA) is 29.9 Å². The highest BCUT2D eigenvalue weighted by Gasteiger charge is 2.06. The van der Waals surface area contributed by atoms with Crippen molar-refractivity contribution in [2.45, 2.75) is 19.5 Å². The van der Waals surface area contributed by atoms with Crippen LogP contribution in [0.25, 0.3) is 0 Å². The molecule has 1 atom stereocenters. The number of nitrogens with zero attached hydrogens (tertiary/aromatic N) is 2. The molecule has 1 heterocycles. The third kappa shape index (κ3) is 3.32. The van der Waals surface area contributed by atoms with Crippen molar-refractivity contribution in [1.82, 2.24) is 15.1 Å². The van der Waals surface area contributed by atoms with Crippen LogP contribution in [0.3, 0.4) is 0 Å². The Labute approximate surface area is 106 Å². The lowest BCUT2D eigenvalue weighted by Gasteiger charge is -2.12. The Morgan fingerprint density at radius 2 is 2.29 bits per heavy atom. The van der Waals surface area contributed by atoms with Gasteiger partial charge < -0.3 is 5.32 Å². The Hall–Kier alpha value is -1.32. The van der Waals surface area contributed by atoms with Crippen LogP contribution in [0.5, 0.6) is 0 Å². The molecule has 2 aromatic rings. The summed E-state index contributed by atoms with van der Waals surface area (Å²) in [7, 11) is 1.92. The Kier molecular flexibility index (Phi) is 3.82. The molecular weight excluding hydrogens is 234 g/mol. The second kappa shape index (κ2) is 5.34. The van der Waals surface area contributed by atoms with Crippen molar-refractivity contribution in [3.05, 3.63) is 52.8 Å². The van der Waals surface area contributed by atoms with Gasteiger partial charge in [0, 0.05) is 36.4 Å². The molecule has 0 aliphatic heterocycles. The number of hydrogen-bond acceptors (Lipinski definition) is 2. The monoisotopic (exact) mass is 249 g/mol. The lowest BCUT2D eigenvalue weighted by Crippen LogP contribution is -2.17. The number of aryl methyl sites for hydroxylation is 1. The van der Waals surface area contributed by atoms with Gasteiger partial charge in [-0.15, -0.1) is 0 Å². The fraction of sp³-hybridized carbons (Fsp3) is 0.308.